The van der Waals surface area contributed by atoms with Crippen molar-refractivity contribution in [3.8, 4) is 5.75 Å². The van der Waals surface area contributed by atoms with Gasteiger partial charge in [0.25, 0.3) is 0 Å². The lowest BCUT2D eigenvalue weighted by Crippen LogP contribution is -2.08. The molecule has 0 aliphatic rings. The highest BCUT2D eigenvalue weighted by Gasteiger charge is 2.17. The lowest BCUT2D eigenvalue weighted by atomic mass is 10.1. The first-order chi connectivity index (χ1) is 7.45. The molecule has 0 saturated carbocycles. The largest absolute Gasteiger partial charge is 0.478 e. The number of carboxylic acid groups (broad SMARTS) is 1. The highest BCUT2D eigenvalue weighted by molar-refractivity contribution is 5.90. The number of carbonyl (C=O) groups excluding carboxylic acids is 1. The van der Waals surface area contributed by atoms with E-state index in [9.17, 15) is 22.8 Å². The second-order valence-corrected chi connectivity index (χ2v) is 2.67. The van der Waals surface area contributed by atoms with E-state index in [1.807, 2.05) is 0 Å². The average molecular weight is 234 g/mol. The smallest absolute Gasteiger partial charge is 0.387 e. The van der Waals surface area contributed by atoms with E-state index in [2.05, 4.69) is 4.74 Å². The van der Waals surface area contributed by atoms with Crippen molar-refractivity contribution < 1.29 is 32.6 Å². The molecule has 0 unspecified atom stereocenters. The number of carbonyl (C=O) groups is 2. The molecular weight excluding hydrogens is 229 g/mol. The molecule has 0 bridgehead atoms. The highest BCUT2D eigenvalue weighted by Crippen LogP contribution is 2.23. The molecule has 0 fully saturated rings. The molecule has 1 aromatic carbocycles. The van der Waals surface area contributed by atoms with Crippen LogP contribution in [0.5, 0.6) is 5.75 Å². The van der Waals surface area contributed by atoms with Gasteiger partial charge < -0.3 is 9.84 Å². The number of hydrogen-bond donors (Lipinski definition) is 1. The molecule has 0 aromatic heterocycles. The van der Waals surface area contributed by atoms with E-state index >= 15 is 0 Å². The minimum absolute atomic E-state index is 0.0897. The predicted molar refractivity (Wildman–Crippen MR) is 45.4 cm³/mol. The van der Waals surface area contributed by atoms with Gasteiger partial charge in [0.05, 0.1) is 11.1 Å². The Morgan fingerprint density at radius 3 is 2.50 bits per heavy atom. The molecule has 0 radical (unpaired) electrons. The van der Waals surface area contributed by atoms with Crippen molar-refractivity contribution in [3.05, 3.63) is 29.1 Å². The second-order valence-electron chi connectivity index (χ2n) is 2.67. The lowest BCUT2D eigenvalue weighted by Gasteiger charge is -2.08. The van der Waals surface area contributed by atoms with Crippen LogP contribution in [0.4, 0.5) is 13.2 Å². The number of carboxylic acids is 1. The van der Waals surface area contributed by atoms with Crippen molar-refractivity contribution in [2.75, 3.05) is 0 Å². The summed E-state index contributed by atoms with van der Waals surface area (Å²) in [4.78, 5) is 20.9. The Morgan fingerprint density at radius 1 is 1.44 bits per heavy atom. The third kappa shape index (κ3) is 2.50. The Labute approximate surface area is 87.3 Å². The monoisotopic (exact) mass is 234 g/mol. The van der Waals surface area contributed by atoms with E-state index in [0.717, 1.165) is 0 Å². The minimum atomic E-state index is -3.23. The molecule has 0 heterocycles. The highest BCUT2D eigenvalue weighted by atomic mass is 19.3. The van der Waals surface area contributed by atoms with Crippen LogP contribution in [-0.4, -0.2) is 24.0 Å². The maximum atomic E-state index is 13.0. The summed E-state index contributed by atoms with van der Waals surface area (Å²) < 4.78 is 40.7. The molecular formula is C9H5F3O4. The van der Waals surface area contributed by atoms with Crippen LogP contribution in [0.3, 0.4) is 0 Å². The van der Waals surface area contributed by atoms with Gasteiger partial charge in [-0.2, -0.15) is 8.78 Å². The van der Waals surface area contributed by atoms with Crippen LogP contribution in [0.15, 0.2) is 12.1 Å². The summed E-state index contributed by atoms with van der Waals surface area (Å²) in [5.41, 5.74) is -1.33. The van der Waals surface area contributed by atoms with E-state index in [0.29, 0.717) is 12.1 Å². The number of aromatic carboxylic acids is 1. The third-order valence-electron chi connectivity index (χ3n) is 1.67. The summed E-state index contributed by atoms with van der Waals surface area (Å²) in [5.74, 6) is -3.52. The van der Waals surface area contributed by atoms with Crippen molar-refractivity contribution in [2.45, 2.75) is 6.61 Å². The second kappa shape index (κ2) is 4.65. The summed E-state index contributed by atoms with van der Waals surface area (Å²) in [6.45, 7) is -3.23. The van der Waals surface area contributed by atoms with Gasteiger partial charge in [0.2, 0.25) is 0 Å². The fraction of sp³-hybridized carbons (Fsp3) is 0.111. The predicted octanol–water partition coefficient (Wildman–Crippen LogP) is 1.94. The molecule has 0 saturated heterocycles. The van der Waals surface area contributed by atoms with Crippen molar-refractivity contribution in [2.24, 2.45) is 0 Å². The molecule has 0 amide bonds. The Morgan fingerprint density at radius 2 is 2.06 bits per heavy atom. The fourth-order valence-electron chi connectivity index (χ4n) is 1.02. The summed E-state index contributed by atoms with van der Waals surface area (Å²) in [6.07, 6.45) is 0.0897. The number of rotatable bonds is 4. The number of hydrogen-bond acceptors (Lipinski definition) is 3. The summed E-state index contributed by atoms with van der Waals surface area (Å²) in [7, 11) is 0. The van der Waals surface area contributed by atoms with Crippen LogP contribution < -0.4 is 4.74 Å². The van der Waals surface area contributed by atoms with Gasteiger partial charge in [-0.15, -0.1) is 0 Å². The molecule has 16 heavy (non-hydrogen) atoms. The van der Waals surface area contributed by atoms with Crippen molar-refractivity contribution in [1.29, 1.82) is 0 Å². The van der Waals surface area contributed by atoms with Gasteiger partial charge in [-0.25, -0.2) is 9.18 Å². The van der Waals surface area contributed by atoms with Crippen LogP contribution in [0.1, 0.15) is 20.7 Å². The topological polar surface area (TPSA) is 63.6 Å². The molecule has 0 atom stereocenters. The Bertz CT molecular complexity index is 431. The molecule has 4 nitrogen and oxygen atoms in total. The van der Waals surface area contributed by atoms with E-state index in [1.54, 1.807) is 0 Å². The first-order valence-electron chi connectivity index (χ1n) is 3.92. The number of benzene rings is 1. The molecule has 7 heteroatoms. The van der Waals surface area contributed by atoms with Crippen LogP contribution in [0.2, 0.25) is 0 Å². The van der Waals surface area contributed by atoms with Crippen LogP contribution >= 0.6 is 0 Å². The summed E-state index contributed by atoms with van der Waals surface area (Å²) in [5, 5.41) is 8.52. The quantitative estimate of drug-likeness (QED) is 0.808. The van der Waals surface area contributed by atoms with Crippen LogP contribution in [0.25, 0.3) is 0 Å². The molecule has 0 aliphatic carbocycles. The normalized spacial score (nSPS) is 10.2. The summed E-state index contributed by atoms with van der Waals surface area (Å²) in [6, 6.07) is 1.06. The van der Waals surface area contributed by atoms with Gasteiger partial charge >= 0.3 is 12.6 Å². The van der Waals surface area contributed by atoms with Gasteiger partial charge in [-0.05, 0) is 12.1 Å². The Kier molecular flexibility index (Phi) is 3.49. The van der Waals surface area contributed by atoms with E-state index in [-0.39, 0.29) is 6.29 Å². The van der Waals surface area contributed by atoms with Crippen LogP contribution in [0, 0.1) is 5.82 Å². The number of halogens is 3. The zero-order valence-electron chi connectivity index (χ0n) is 7.62. The van der Waals surface area contributed by atoms with Crippen molar-refractivity contribution >= 4 is 12.3 Å². The molecule has 0 spiro atoms. The molecule has 1 aromatic rings. The average Bonchev–Trinajstić information content (AvgIpc) is 2.18. The summed E-state index contributed by atoms with van der Waals surface area (Å²) >= 11 is 0. The SMILES string of the molecule is O=Cc1cc(F)c(C(=O)O)cc1OC(F)F. The standard InChI is InChI=1S/C9H5F3O4/c10-6-1-4(3-13)7(16-9(11)12)2-5(6)8(14)15/h1-3,9H,(H,14,15). The number of ether oxygens (including phenoxy) is 1. The maximum absolute atomic E-state index is 13.0. The Hall–Kier alpha value is -2.05. The molecule has 86 valence electrons. The van der Waals surface area contributed by atoms with Crippen LogP contribution in [-0.2, 0) is 0 Å². The first kappa shape index (κ1) is 12.0. The Balaban J connectivity index is 3.28. The minimum Gasteiger partial charge on any atom is -0.478 e. The van der Waals surface area contributed by atoms with Gasteiger partial charge in [-0.3, -0.25) is 4.79 Å². The third-order valence-corrected chi connectivity index (χ3v) is 1.67. The van der Waals surface area contributed by atoms with Gasteiger partial charge in [0.1, 0.15) is 11.6 Å². The van der Waals surface area contributed by atoms with E-state index in [4.69, 9.17) is 5.11 Å². The first-order valence-corrected chi connectivity index (χ1v) is 3.92. The van der Waals surface area contributed by atoms with Gasteiger partial charge in [-0.1, -0.05) is 0 Å². The van der Waals surface area contributed by atoms with E-state index < -0.39 is 35.3 Å². The molecule has 1 rings (SSSR count). The van der Waals surface area contributed by atoms with Crippen molar-refractivity contribution in [3.63, 3.8) is 0 Å². The zero-order valence-corrected chi connectivity index (χ0v) is 7.62. The fourth-order valence-corrected chi connectivity index (χ4v) is 1.02. The van der Waals surface area contributed by atoms with Crippen molar-refractivity contribution in [1.82, 2.24) is 0 Å². The van der Waals surface area contributed by atoms with E-state index in [1.165, 1.54) is 0 Å². The van der Waals surface area contributed by atoms with Gasteiger partial charge in [0, 0.05) is 0 Å². The molecule has 1 N–H and O–H groups in total. The van der Waals surface area contributed by atoms with Gasteiger partial charge in [0.15, 0.2) is 6.29 Å². The lowest BCUT2D eigenvalue weighted by molar-refractivity contribution is -0.0502. The zero-order chi connectivity index (χ0) is 12.3. The maximum Gasteiger partial charge on any atom is 0.387 e. The molecule has 0 aliphatic heterocycles. The number of alkyl halides is 2. The number of aldehydes is 1.